The molecule has 0 aliphatic rings. The zero-order chi connectivity index (χ0) is 15.6. The van der Waals surface area contributed by atoms with Gasteiger partial charge >= 0.3 is 5.97 Å². The Kier molecular flexibility index (Phi) is 5.08. The lowest BCUT2D eigenvalue weighted by atomic mass is 10.2. The van der Waals surface area contributed by atoms with Crippen LogP contribution in [-0.2, 0) is 11.3 Å². The van der Waals surface area contributed by atoms with Gasteiger partial charge < -0.3 is 9.67 Å². The number of rotatable bonds is 4. The molecule has 0 saturated heterocycles. The van der Waals surface area contributed by atoms with Gasteiger partial charge in [-0.3, -0.25) is 0 Å². The van der Waals surface area contributed by atoms with Gasteiger partial charge in [-0.2, -0.15) is 0 Å². The Morgan fingerprint density at radius 2 is 2.19 bits per heavy atom. The summed E-state index contributed by atoms with van der Waals surface area (Å²) in [6, 6.07) is 5.27. The third-order valence-corrected chi connectivity index (χ3v) is 4.05. The van der Waals surface area contributed by atoms with Crippen molar-refractivity contribution < 1.29 is 9.90 Å². The Labute approximate surface area is 140 Å². The van der Waals surface area contributed by atoms with E-state index in [1.54, 1.807) is 12.1 Å². The fraction of sp³-hybridized carbons (Fsp3) is 0.143. The lowest BCUT2D eigenvalue weighted by molar-refractivity contribution is -0.131. The number of halogens is 3. The van der Waals surface area contributed by atoms with Crippen molar-refractivity contribution in [2.24, 2.45) is 0 Å². The average molecular weight is 390 g/mol. The summed E-state index contributed by atoms with van der Waals surface area (Å²) in [6.45, 7) is 2.31. The van der Waals surface area contributed by atoms with Gasteiger partial charge in [-0.15, -0.1) is 0 Å². The van der Waals surface area contributed by atoms with Gasteiger partial charge in [-0.1, -0.05) is 29.3 Å². The third-order valence-electron chi connectivity index (χ3n) is 2.88. The second-order valence-electron chi connectivity index (χ2n) is 4.33. The van der Waals surface area contributed by atoms with Crippen molar-refractivity contribution in [1.29, 1.82) is 0 Å². The number of hydrogen-bond donors (Lipinski definition) is 1. The maximum atomic E-state index is 10.7. The zero-order valence-corrected chi connectivity index (χ0v) is 14.1. The molecule has 0 aliphatic heterocycles. The molecule has 0 amide bonds. The number of benzene rings is 1. The summed E-state index contributed by atoms with van der Waals surface area (Å²) in [5.74, 6) is -0.269. The van der Waals surface area contributed by atoms with E-state index in [2.05, 4.69) is 20.9 Å². The monoisotopic (exact) mass is 388 g/mol. The topological polar surface area (TPSA) is 55.1 Å². The summed E-state index contributed by atoms with van der Waals surface area (Å²) in [5.41, 5.74) is 1.54. The van der Waals surface area contributed by atoms with Crippen LogP contribution in [0.15, 0.2) is 28.9 Å². The molecule has 0 spiro atoms. The van der Waals surface area contributed by atoms with Crippen LogP contribution in [0.3, 0.4) is 0 Å². The fourth-order valence-corrected chi connectivity index (χ4v) is 2.95. The zero-order valence-electron chi connectivity index (χ0n) is 11.0. The van der Waals surface area contributed by atoms with E-state index in [1.165, 1.54) is 6.08 Å². The maximum absolute atomic E-state index is 10.7. The molecule has 0 fully saturated rings. The summed E-state index contributed by atoms with van der Waals surface area (Å²) in [6.07, 6.45) is 2.57. The molecule has 1 N–H and O–H groups in total. The van der Waals surface area contributed by atoms with Gasteiger partial charge in [0.1, 0.15) is 10.4 Å². The van der Waals surface area contributed by atoms with E-state index in [4.69, 9.17) is 28.3 Å². The molecular weight excluding hydrogens is 379 g/mol. The molecule has 2 aromatic rings. The van der Waals surface area contributed by atoms with Crippen LogP contribution in [0.25, 0.3) is 6.08 Å². The van der Waals surface area contributed by atoms with Crippen LogP contribution < -0.4 is 0 Å². The van der Waals surface area contributed by atoms with Crippen molar-refractivity contribution in [3.63, 3.8) is 0 Å². The minimum absolute atomic E-state index is 0.472. The second kappa shape index (κ2) is 6.64. The van der Waals surface area contributed by atoms with E-state index in [-0.39, 0.29) is 0 Å². The number of carboxylic acids is 1. The van der Waals surface area contributed by atoms with Crippen LogP contribution in [0, 0.1) is 6.92 Å². The number of hydrogen-bond acceptors (Lipinski definition) is 2. The van der Waals surface area contributed by atoms with E-state index in [0.717, 1.165) is 17.5 Å². The molecule has 0 bridgehead atoms. The van der Waals surface area contributed by atoms with Gasteiger partial charge in [0.2, 0.25) is 0 Å². The number of aliphatic carboxylic acids is 1. The predicted octanol–water partition coefficient (Wildman–Crippen LogP) is 4.41. The molecular formula is C14H11BrCl2N2O2. The van der Waals surface area contributed by atoms with Crippen LogP contribution in [0.2, 0.25) is 10.0 Å². The molecule has 7 heteroatoms. The van der Waals surface area contributed by atoms with E-state index in [1.807, 2.05) is 17.6 Å². The van der Waals surface area contributed by atoms with Gasteiger partial charge in [0.25, 0.3) is 0 Å². The Morgan fingerprint density at radius 3 is 2.81 bits per heavy atom. The SMILES string of the molecule is Cc1nc(Br)c(C=CC(=O)O)n1Cc1ccc(Cl)cc1Cl. The van der Waals surface area contributed by atoms with E-state index < -0.39 is 5.97 Å². The second-order valence-corrected chi connectivity index (χ2v) is 5.92. The minimum atomic E-state index is -1.02. The molecule has 110 valence electrons. The van der Waals surface area contributed by atoms with E-state index >= 15 is 0 Å². The summed E-state index contributed by atoms with van der Waals surface area (Å²) < 4.78 is 2.46. The van der Waals surface area contributed by atoms with Crippen LogP contribution in [0.1, 0.15) is 17.1 Å². The third kappa shape index (κ3) is 3.87. The summed E-state index contributed by atoms with van der Waals surface area (Å²) in [5, 5.41) is 9.88. The lowest BCUT2D eigenvalue weighted by Crippen LogP contribution is -2.05. The highest BCUT2D eigenvalue weighted by atomic mass is 79.9. The summed E-state index contributed by atoms with van der Waals surface area (Å²) in [7, 11) is 0. The van der Waals surface area contributed by atoms with Crippen molar-refractivity contribution in [3.05, 3.63) is 56.0 Å². The first-order chi connectivity index (χ1) is 9.88. The molecule has 0 atom stereocenters. The molecule has 4 nitrogen and oxygen atoms in total. The van der Waals surface area contributed by atoms with Gasteiger partial charge in [-0.05, 0) is 46.6 Å². The van der Waals surface area contributed by atoms with E-state index in [0.29, 0.717) is 26.9 Å². The van der Waals surface area contributed by atoms with Crippen LogP contribution in [0.5, 0.6) is 0 Å². The Bertz CT molecular complexity index is 726. The molecule has 0 unspecified atom stereocenters. The summed E-state index contributed by atoms with van der Waals surface area (Å²) in [4.78, 5) is 15.0. The number of aromatic nitrogens is 2. The van der Waals surface area contributed by atoms with Gasteiger partial charge in [0.05, 0.1) is 12.2 Å². The fourth-order valence-electron chi connectivity index (χ4n) is 1.87. The molecule has 2 rings (SSSR count). The smallest absolute Gasteiger partial charge is 0.328 e. The highest BCUT2D eigenvalue weighted by Crippen LogP contribution is 2.25. The van der Waals surface area contributed by atoms with Crippen molar-refractivity contribution >= 4 is 51.2 Å². The van der Waals surface area contributed by atoms with Crippen molar-refractivity contribution in [1.82, 2.24) is 9.55 Å². The molecule has 1 heterocycles. The average Bonchev–Trinajstić information content (AvgIpc) is 2.65. The molecule has 21 heavy (non-hydrogen) atoms. The van der Waals surface area contributed by atoms with Gasteiger partial charge in [0.15, 0.2) is 0 Å². The normalized spacial score (nSPS) is 11.2. The maximum Gasteiger partial charge on any atom is 0.328 e. The van der Waals surface area contributed by atoms with Gasteiger partial charge in [-0.25, -0.2) is 9.78 Å². The highest BCUT2D eigenvalue weighted by molar-refractivity contribution is 9.10. The first kappa shape index (κ1) is 16.1. The molecule has 0 radical (unpaired) electrons. The number of imidazole rings is 1. The minimum Gasteiger partial charge on any atom is -0.478 e. The van der Waals surface area contributed by atoms with E-state index in [9.17, 15) is 4.79 Å². The van der Waals surface area contributed by atoms with Crippen molar-refractivity contribution in [2.45, 2.75) is 13.5 Å². The number of aryl methyl sites for hydroxylation is 1. The predicted molar refractivity (Wildman–Crippen MR) is 86.9 cm³/mol. The Morgan fingerprint density at radius 1 is 1.48 bits per heavy atom. The quantitative estimate of drug-likeness (QED) is 0.788. The Balaban J connectivity index is 2.41. The largest absolute Gasteiger partial charge is 0.478 e. The van der Waals surface area contributed by atoms with Crippen LogP contribution >= 0.6 is 39.1 Å². The molecule has 0 aliphatic carbocycles. The van der Waals surface area contributed by atoms with Crippen LogP contribution in [-0.4, -0.2) is 20.6 Å². The first-order valence-corrected chi connectivity index (χ1v) is 7.51. The molecule has 1 aromatic carbocycles. The van der Waals surface area contributed by atoms with Crippen LogP contribution in [0.4, 0.5) is 0 Å². The number of carbonyl (C=O) groups is 1. The first-order valence-electron chi connectivity index (χ1n) is 5.96. The molecule has 1 aromatic heterocycles. The Hall–Kier alpha value is -1.30. The number of nitrogens with zero attached hydrogens (tertiary/aromatic N) is 2. The highest BCUT2D eigenvalue weighted by Gasteiger charge is 2.12. The molecule has 0 saturated carbocycles. The van der Waals surface area contributed by atoms with Gasteiger partial charge in [0, 0.05) is 16.1 Å². The standard InChI is InChI=1S/C14H11BrCl2N2O2/c1-8-18-14(15)12(4-5-13(20)21)19(8)7-9-2-3-10(16)6-11(9)17/h2-6H,7H2,1H3,(H,20,21). The van der Waals surface area contributed by atoms with Crippen molar-refractivity contribution in [2.75, 3.05) is 0 Å². The van der Waals surface area contributed by atoms with Crippen molar-refractivity contribution in [3.8, 4) is 0 Å². The summed E-state index contributed by atoms with van der Waals surface area (Å²) >= 11 is 15.4. The number of carboxylic acid groups (broad SMARTS) is 1. The lowest BCUT2D eigenvalue weighted by Gasteiger charge is -2.10.